The van der Waals surface area contributed by atoms with Gasteiger partial charge in [0.2, 0.25) is 15.9 Å². The fraction of sp³-hybridized carbons (Fsp3) is 0.955. The summed E-state index contributed by atoms with van der Waals surface area (Å²) in [7, 11) is -3.13. The van der Waals surface area contributed by atoms with Crippen molar-refractivity contribution in [1.82, 2.24) is 14.1 Å². The van der Waals surface area contributed by atoms with Gasteiger partial charge in [-0.15, -0.1) is 0 Å². The summed E-state index contributed by atoms with van der Waals surface area (Å²) in [6, 6.07) is 0.740. The number of carbonyl (C=O) groups is 1. The molecule has 0 radical (unpaired) electrons. The third kappa shape index (κ3) is 5.37. The molecule has 7 nitrogen and oxygen atoms in total. The van der Waals surface area contributed by atoms with Gasteiger partial charge in [-0.05, 0) is 44.4 Å². The molecule has 3 heterocycles. The van der Waals surface area contributed by atoms with Crippen molar-refractivity contribution in [2.75, 3.05) is 52.1 Å². The molecule has 0 aromatic heterocycles. The summed E-state index contributed by atoms with van der Waals surface area (Å²) >= 11 is 0. The van der Waals surface area contributed by atoms with Gasteiger partial charge >= 0.3 is 0 Å². The second-order valence-corrected chi connectivity index (χ2v) is 11.9. The molecule has 172 valence electrons. The second kappa shape index (κ2) is 9.43. The predicted molar refractivity (Wildman–Crippen MR) is 117 cm³/mol. The van der Waals surface area contributed by atoms with Crippen LogP contribution in [0, 0.1) is 5.92 Å². The molecule has 4 fully saturated rings. The number of carbonyl (C=O) groups excluding carboxylic acids is 1. The van der Waals surface area contributed by atoms with Crippen LogP contribution in [0.5, 0.6) is 0 Å². The van der Waals surface area contributed by atoms with E-state index < -0.39 is 10.0 Å². The maximum atomic E-state index is 13.0. The zero-order valence-corrected chi connectivity index (χ0v) is 19.4. The minimum Gasteiger partial charge on any atom is -0.375 e. The highest BCUT2D eigenvalue weighted by molar-refractivity contribution is 7.88. The minimum absolute atomic E-state index is 0.232. The van der Waals surface area contributed by atoms with Crippen LogP contribution in [0.2, 0.25) is 0 Å². The average Bonchev–Trinajstić information content (AvgIpc) is 2.74. The number of piperidine rings is 1. The first kappa shape index (κ1) is 22.5. The molecule has 1 aliphatic carbocycles. The molecule has 8 heteroatoms. The van der Waals surface area contributed by atoms with E-state index in [4.69, 9.17) is 4.74 Å². The highest BCUT2D eigenvalue weighted by atomic mass is 32.2. The summed E-state index contributed by atoms with van der Waals surface area (Å²) in [4.78, 5) is 17.7. The third-order valence-corrected chi connectivity index (χ3v) is 9.22. The van der Waals surface area contributed by atoms with Gasteiger partial charge in [0, 0.05) is 58.3 Å². The monoisotopic (exact) mass is 441 g/mol. The van der Waals surface area contributed by atoms with Crippen molar-refractivity contribution in [3.05, 3.63) is 0 Å². The number of piperazine rings is 1. The SMILES string of the molecule is CS(=O)(=O)N1CCC2(CC1)CC(CC(=O)N1CCN(C3CCCCC3)CC1)CCO2. The maximum absolute atomic E-state index is 13.0. The summed E-state index contributed by atoms with van der Waals surface area (Å²) in [5.74, 6) is 0.654. The van der Waals surface area contributed by atoms with E-state index >= 15 is 0 Å². The van der Waals surface area contributed by atoms with Crippen LogP contribution in [-0.2, 0) is 19.6 Å². The number of amides is 1. The van der Waals surface area contributed by atoms with Gasteiger partial charge in [-0.3, -0.25) is 9.69 Å². The van der Waals surface area contributed by atoms with Crippen LogP contribution in [0.15, 0.2) is 0 Å². The Morgan fingerprint density at radius 3 is 2.27 bits per heavy atom. The molecular formula is C22H39N3O4S. The summed E-state index contributed by atoms with van der Waals surface area (Å²) in [6.07, 6.45) is 12.0. The van der Waals surface area contributed by atoms with E-state index in [1.54, 1.807) is 4.31 Å². The highest BCUT2D eigenvalue weighted by Gasteiger charge is 2.42. The molecule has 4 aliphatic rings. The summed E-state index contributed by atoms with van der Waals surface area (Å²) in [6.45, 7) is 5.53. The van der Waals surface area contributed by atoms with Crippen LogP contribution >= 0.6 is 0 Å². The maximum Gasteiger partial charge on any atom is 0.222 e. The van der Waals surface area contributed by atoms with Crippen molar-refractivity contribution in [3.8, 4) is 0 Å². The lowest BCUT2D eigenvalue weighted by atomic mass is 9.78. The Balaban J connectivity index is 1.24. The minimum atomic E-state index is -3.13. The molecule has 0 aromatic carbocycles. The number of hydrogen-bond acceptors (Lipinski definition) is 5. The van der Waals surface area contributed by atoms with Crippen LogP contribution < -0.4 is 0 Å². The zero-order chi connectivity index (χ0) is 21.2. The summed E-state index contributed by atoms with van der Waals surface area (Å²) < 4.78 is 31.3. The van der Waals surface area contributed by atoms with Crippen LogP contribution in [0.25, 0.3) is 0 Å². The van der Waals surface area contributed by atoms with E-state index in [-0.39, 0.29) is 5.60 Å². The second-order valence-electron chi connectivity index (χ2n) is 9.97. The quantitative estimate of drug-likeness (QED) is 0.668. The molecule has 0 bridgehead atoms. The number of ether oxygens (including phenoxy) is 1. The Hall–Kier alpha value is -0.700. The normalized spacial score (nSPS) is 29.9. The average molecular weight is 442 g/mol. The van der Waals surface area contributed by atoms with Crippen LogP contribution in [0.4, 0.5) is 0 Å². The van der Waals surface area contributed by atoms with E-state index in [2.05, 4.69) is 9.80 Å². The van der Waals surface area contributed by atoms with E-state index in [0.717, 1.165) is 57.9 Å². The lowest BCUT2D eigenvalue weighted by Gasteiger charge is -2.46. The van der Waals surface area contributed by atoms with Crippen molar-refractivity contribution in [2.24, 2.45) is 5.92 Å². The van der Waals surface area contributed by atoms with Crippen molar-refractivity contribution in [2.45, 2.75) is 75.9 Å². The molecule has 4 rings (SSSR count). The molecule has 3 aliphatic heterocycles. The Bertz CT molecular complexity index is 691. The van der Waals surface area contributed by atoms with Crippen molar-refractivity contribution < 1.29 is 17.9 Å². The van der Waals surface area contributed by atoms with E-state index in [0.29, 0.717) is 37.9 Å². The lowest BCUT2D eigenvalue weighted by Crippen LogP contribution is -2.53. The first-order valence-electron chi connectivity index (χ1n) is 12.0. The fourth-order valence-corrected chi connectivity index (χ4v) is 6.88. The molecule has 1 spiro atoms. The molecule has 1 atom stereocenters. The van der Waals surface area contributed by atoms with Gasteiger partial charge in [0.15, 0.2) is 0 Å². The first-order valence-corrected chi connectivity index (χ1v) is 13.8. The highest BCUT2D eigenvalue weighted by Crippen LogP contribution is 2.39. The Morgan fingerprint density at radius 1 is 0.967 bits per heavy atom. The number of hydrogen-bond donors (Lipinski definition) is 0. The Kier molecular flexibility index (Phi) is 7.07. The number of nitrogens with zero attached hydrogens (tertiary/aromatic N) is 3. The molecule has 1 saturated carbocycles. The summed E-state index contributed by atoms with van der Waals surface area (Å²) in [5, 5.41) is 0. The largest absolute Gasteiger partial charge is 0.375 e. The first-order chi connectivity index (χ1) is 14.3. The van der Waals surface area contributed by atoms with Gasteiger partial charge in [0.1, 0.15) is 0 Å². The molecule has 30 heavy (non-hydrogen) atoms. The zero-order valence-electron chi connectivity index (χ0n) is 18.6. The molecular weight excluding hydrogens is 402 g/mol. The van der Waals surface area contributed by atoms with Crippen molar-refractivity contribution in [1.29, 1.82) is 0 Å². The van der Waals surface area contributed by atoms with Gasteiger partial charge in [0.25, 0.3) is 0 Å². The van der Waals surface area contributed by atoms with Crippen molar-refractivity contribution >= 4 is 15.9 Å². The topological polar surface area (TPSA) is 70.2 Å². The van der Waals surface area contributed by atoms with Gasteiger partial charge in [-0.25, -0.2) is 12.7 Å². The smallest absolute Gasteiger partial charge is 0.222 e. The molecule has 3 saturated heterocycles. The van der Waals surface area contributed by atoms with Gasteiger partial charge in [-0.2, -0.15) is 0 Å². The third-order valence-electron chi connectivity index (χ3n) is 7.92. The Labute approximate surface area is 182 Å². The number of rotatable bonds is 4. The van der Waals surface area contributed by atoms with E-state index in [1.807, 2.05) is 0 Å². The van der Waals surface area contributed by atoms with Crippen LogP contribution in [-0.4, -0.2) is 92.2 Å². The van der Waals surface area contributed by atoms with E-state index in [1.165, 1.54) is 38.4 Å². The fourth-order valence-electron chi connectivity index (χ4n) is 6.04. The van der Waals surface area contributed by atoms with Crippen LogP contribution in [0.3, 0.4) is 0 Å². The molecule has 1 amide bonds. The van der Waals surface area contributed by atoms with E-state index in [9.17, 15) is 13.2 Å². The molecule has 0 aromatic rings. The summed E-state index contributed by atoms with van der Waals surface area (Å²) in [5.41, 5.74) is -0.232. The predicted octanol–water partition coefficient (Wildman–Crippen LogP) is 2.07. The lowest BCUT2D eigenvalue weighted by molar-refractivity contribution is -0.141. The van der Waals surface area contributed by atoms with Crippen LogP contribution in [0.1, 0.15) is 64.2 Å². The molecule has 1 unspecified atom stereocenters. The standard InChI is InChI=1S/C22H39N3O4S/c1-30(27,28)25-10-8-22(9-11-25)18-19(7-16-29-22)17-21(26)24-14-12-23(13-15-24)20-5-3-2-4-6-20/h19-20H,2-18H2,1H3. The van der Waals surface area contributed by atoms with Gasteiger partial charge in [-0.1, -0.05) is 19.3 Å². The van der Waals surface area contributed by atoms with Gasteiger partial charge in [0.05, 0.1) is 11.9 Å². The molecule has 0 N–H and O–H groups in total. The Morgan fingerprint density at radius 2 is 1.63 bits per heavy atom. The van der Waals surface area contributed by atoms with Gasteiger partial charge < -0.3 is 9.64 Å². The van der Waals surface area contributed by atoms with Crippen molar-refractivity contribution in [3.63, 3.8) is 0 Å². The number of sulfonamides is 1.